The highest BCUT2D eigenvalue weighted by molar-refractivity contribution is 7.85. The van der Waals surface area contributed by atoms with E-state index in [2.05, 4.69) is 25.3 Å². The second-order valence-electron chi connectivity index (χ2n) is 6.40. The Morgan fingerprint density at radius 2 is 0.682 bits per heavy atom. The van der Waals surface area contributed by atoms with Crippen LogP contribution in [-0.2, 0) is 0 Å². The van der Waals surface area contributed by atoms with Crippen molar-refractivity contribution in [3.8, 4) is 0 Å². The molecule has 0 bridgehead atoms. The first-order valence-electron chi connectivity index (χ1n) is 9.30. The highest BCUT2D eigenvalue weighted by atomic mass is 32.1. The molecule has 0 saturated heterocycles. The molecule has 0 spiro atoms. The lowest BCUT2D eigenvalue weighted by molar-refractivity contribution is 0.548. The van der Waals surface area contributed by atoms with Crippen molar-refractivity contribution in [1.82, 2.24) is 0 Å². The highest BCUT2D eigenvalue weighted by Gasteiger charge is 2.13. The van der Waals surface area contributed by atoms with Gasteiger partial charge in [-0.1, -0.05) is 64.2 Å². The van der Waals surface area contributed by atoms with Crippen molar-refractivity contribution in [2.24, 2.45) is 0 Å². The number of thiol groups is 4. The van der Waals surface area contributed by atoms with Gasteiger partial charge in [-0.25, -0.2) is 0 Å². The van der Waals surface area contributed by atoms with E-state index >= 15 is 0 Å². The van der Waals surface area contributed by atoms with Crippen LogP contribution in [0.4, 0.5) is 0 Å². The maximum absolute atomic E-state index is 4.76. The lowest BCUT2D eigenvalue weighted by Gasteiger charge is -2.18. The molecule has 0 saturated carbocycles. The molecule has 0 rings (SSSR count). The van der Waals surface area contributed by atoms with Crippen LogP contribution in [0.2, 0.25) is 0 Å². The zero-order valence-electron chi connectivity index (χ0n) is 14.3. The van der Waals surface area contributed by atoms with Crippen LogP contribution < -0.4 is 0 Å². The van der Waals surface area contributed by atoms with Gasteiger partial charge in [0.15, 0.2) is 0 Å². The second-order valence-corrected chi connectivity index (χ2v) is 8.62. The van der Waals surface area contributed by atoms with Gasteiger partial charge >= 0.3 is 0 Å². The third-order valence-electron chi connectivity index (χ3n) is 4.26. The van der Waals surface area contributed by atoms with Crippen LogP contribution in [-0.4, -0.2) is 22.0 Å². The molecule has 134 valence electrons. The maximum Gasteiger partial charge on any atom is 0.0133 e. The van der Waals surface area contributed by atoms with Crippen molar-refractivity contribution in [3.63, 3.8) is 0 Å². The minimum atomic E-state index is 0.477. The molecule has 0 nitrogen and oxygen atoms in total. The van der Waals surface area contributed by atoms with Gasteiger partial charge in [-0.3, -0.25) is 0 Å². The second kappa shape index (κ2) is 18.7. The van der Waals surface area contributed by atoms with Gasteiger partial charge in [-0.05, 0) is 37.2 Å². The van der Waals surface area contributed by atoms with Crippen molar-refractivity contribution < 1.29 is 0 Å². The molecule has 0 heterocycles. The summed E-state index contributed by atoms with van der Waals surface area (Å²) in [6.45, 7) is 0. The molecule has 0 aromatic heterocycles. The van der Waals surface area contributed by atoms with Gasteiger partial charge in [0.05, 0.1) is 0 Å². The molecule has 0 aliphatic rings. The minimum absolute atomic E-state index is 0.477. The molecule has 0 aliphatic carbocycles. The normalized spacial score (nSPS) is 14.2. The van der Waals surface area contributed by atoms with Gasteiger partial charge in [0, 0.05) is 10.5 Å². The van der Waals surface area contributed by atoms with E-state index in [0.29, 0.717) is 10.5 Å². The first kappa shape index (κ1) is 23.4. The molecule has 0 aliphatic heterocycles. The number of hydrogen-bond donors (Lipinski definition) is 4. The SMILES string of the molecule is SCCCCCCCCC(S)C(S)CCCCCCCCS. The van der Waals surface area contributed by atoms with Crippen molar-refractivity contribution >= 4 is 50.5 Å². The molecule has 0 amide bonds. The van der Waals surface area contributed by atoms with Gasteiger partial charge in [-0.15, -0.1) is 0 Å². The Hall–Kier alpha value is 1.40. The third-order valence-corrected chi connectivity index (χ3v) is 6.36. The van der Waals surface area contributed by atoms with E-state index in [-0.39, 0.29) is 0 Å². The Bertz CT molecular complexity index is 189. The summed E-state index contributed by atoms with van der Waals surface area (Å²) in [5.74, 6) is 2.07. The molecular weight excluding hydrogens is 344 g/mol. The number of rotatable bonds is 17. The fourth-order valence-electron chi connectivity index (χ4n) is 2.73. The average Bonchev–Trinajstić information content (AvgIpc) is 2.52. The molecule has 22 heavy (non-hydrogen) atoms. The third kappa shape index (κ3) is 16.3. The van der Waals surface area contributed by atoms with Crippen LogP contribution in [0.3, 0.4) is 0 Å². The van der Waals surface area contributed by atoms with Crippen molar-refractivity contribution in [1.29, 1.82) is 0 Å². The van der Waals surface area contributed by atoms with Crippen LogP contribution in [0.25, 0.3) is 0 Å². The fourth-order valence-corrected chi connectivity index (χ4v) is 3.84. The predicted octanol–water partition coefficient (Wildman–Crippen LogP) is 6.90. The van der Waals surface area contributed by atoms with Gasteiger partial charge in [0.25, 0.3) is 0 Å². The maximum atomic E-state index is 4.76. The molecule has 2 atom stereocenters. The Kier molecular flexibility index (Phi) is 19.9. The first-order valence-corrected chi connectivity index (χ1v) is 11.6. The topological polar surface area (TPSA) is 0 Å². The van der Waals surface area contributed by atoms with Crippen LogP contribution in [0, 0.1) is 0 Å². The molecule has 0 aromatic carbocycles. The Labute approximate surface area is 162 Å². The molecular formula is C18H38S4. The number of hydrogen-bond acceptors (Lipinski definition) is 4. The van der Waals surface area contributed by atoms with Crippen molar-refractivity contribution in [3.05, 3.63) is 0 Å². The van der Waals surface area contributed by atoms with E-state index in [9.17, 15) is 0 Å². The van der Waals surface area contributed by atoms with Crippen LogP contribution in [0.5, 0.6) is 0 Å². The van der Waals surface area contributed by atoms with Crippen molar-refractivity contribution in [2.45, 2.75) is 100 Å². The molecule has 0 N–H and O–H groups in total. The van der Waals surface area contributed by atoms with Gasteiger partial charge in [0.2, 0.25) is 0 Å². The Morgan fingerprint density at radius 3 is 1.00 bits per heavy atom. The average molecular weight is 383 g/mol. The summed E-state index contributed by atoms with van der Waals surface area (Å²) in [4.78, 5) is 0. The van der Waals surface area contributed by atoms with Crippen LogP contribution >= 0.6 is 50.5 Å². The van der Waals surface area contributed by atoms with Crippen molar-refractivity contribution in [2.75, 3.05) is 11.5 Å². The minimum Gasteiger partial charge on any atom is -0.179 e. The molecule has 0 aromatic rings. The van der Waals surface area contributed by atoms with E-state index in [1.54, 1.807) is 0 Å². The molecule has 0 radical (unpaired) electrons. The summed E-state index contributed by atoms with van der Waals surface area (Å²) >= 11 is 18.0. The molecule has 4 heteroatoms. The lowest BCUT2D eigenvalue weighted by Crippen LogP contribution is -2.15. The largest absolute Gasteiger partial charge is 0.179 e. The van der Waals surface area contributed by atoms with E-state index in [1.807, 2.05) is 0 Å². The fraction of sp³-hybridized carbons (Fsp3) is 1.00. The zero-order valence-corrected chi connectivity index (χ0v) is 17.8. The summed E-state index contributed by atoms with van der Waals surface area (Å²) in [5.41, 5.74) is 0. The van der Waals surface area contributed by atoms with E-state index < -0.39 is 0 Å². The van der Waals surface area contributed by atoms with Crippen LogP contribution in [0.1, 0.15) is 89.9 Å². The van der Waals surface area contributed by atoms with Crippen LogP contribution in [0.15, 0.2) is 0 Å². The number of unbranched alkanes of at least 4 members (excludes halogenated alkanes) is 10. The standard InChI is InChI=1S/C18H38S4/c19-15-11-7-3-1-5-9-13-17(21)18(22)14-10-6-2-4-8-12-16-20/h17-22H,1-16H2. The zero-order chi connectivity index (χ0) is 16.5. The van der Waals surface area contributed by atoms with Gasteiger partial charge < -0.3 is 0 Å². The first-order chi connectivity index (χ1) is 10.7. The Morgan fingerprint density at radius 1 is 0.409 bits per heavy atom. The summed E-state index contributed by atoms with van der Waals surface area (Å²) in [7, 11) is 0. The van der Waals surface area contributed by atoms with E-state index in [4.69, 9.17) is 25.3 Å². The molecule has 2 unspecified atom stereocenters. The summed E-state index contributed by atoms with van der Waals surface area (Å²) < 4.78 is 0. The van der Waals surface area contributed by atoms with E-state index in [1.165, 1.54) is 89.9 Å². The van der Waals surface area contributed by atoms with Gasteiger partial charge in [0.1, 0.15) is 0 Å². The molecule has 0 fully saturated rings. The quantitative estimate of drug-likeness (QED) is 0.152. The highest BCUT2D eigenvalue weighted by Crippen LogP contribution is 2.22. The summed E-state index contributed by atoms with van der Waals surface area (Å²) in [6.07, 6.45) is 18.5. The smallest absolute Gasteiger partial charge is 0.0133 e. The summed E-state index contributed by atoms with van der Waals surface area (Å²) in [6, 6.07) is 0. The predicted molar refractivity (Wildman–Crippen MR) is 118 cm³/mol. The van der Waals surface area contributed by atoms with Gasteiger partial charge in [-0.2, -0.15) is 50.5 Å². The summed E-state index contributed by atoms with van der Waals surface area (Å²) in [5, 5.41) is 0.954. The lowest BCUT2D eigenvalue weighted by atomic mass is 10.0. The monoisotopic (exact) mass is 382 g/mol. The van der Waals surface area contributed by atoms with E-state index in [0.717, 1.165) is 11.5 Å². The Balaban J connectivity index is 3.33.